The molecule has 28 heavy (non-hydrogen) atoms. The molecule has 2 aromatic rings. The van der Waals surface area contributed by atoms with Gasteiger partial charge in [0, 0.05) is 5.56 Å². The minimum Gasteiger partial charge on any atom is -0.465 e. The monoisotopic (exact) mass is 385 g/mol. The van der Waals surface area contributed by atoms with E-state index in [0.29, 0.717) is 6.54 Å². The lowest BCUT2D eigenvalue weighted by Crippen LogP contribution is -3.11. The van der Waals surface area contributed by atoms with Crippen LogP contribution in [0.4, 0.5) is 5.69 Å². The average molecular weight is 385 g/mol. The number of hydrogen-bond acceptors (Lipinski definition) is 5. The van der Waals surface area contributed by atoms with Crippen LogP contribution in [-0.4, -0.2) is 45.2 Å². The Hall–Kier alpha value is -3.19. The fourth-order valence-corrected chi connectivity index (χ4v) is 2.80. The molecule has 2 rings (SSSR count). The minimum absolute atomic E-state index is 0.171. The summed E-state index contributed by atoms with van der Waals surface area (Å²) in [6.07, 6.45) is 0. The second-order valence-electron chi connectivity index (χ2n) is 6.23. The number of anilines is 1. The van der Waals surface area contributed by atoms with E-state index in [2.05, 4.69) is 5.32 Å². The van der Waals surface area contributed by atoms with Gasteiger partial charge in [-0.3, -0.25) is 4.79 Å². The third-order valence-corrected chi connectivity index (χ3v) is 4.33. The largest absolute Gasteiger partial charge is 0.465 e. The molecule has 1 atom stereocenters. The molecule has 148 valence electrons. The number of rotatable bonds is 8. The molecule has 0 heterocycles. The van der Waals surface area contributed by atoms with Gasteiger partial charge in [0.05, 0.1) is 37.6 Å². The fraction of sp³-hybridized carbons (Fsp3) is 0.286. The van der Waals surface area contributed by atoms with Crippen molar-refractivity contribution < 1.29 is 28.8 Å². The summed E-state index contributed by atoms with van der Waals surface area (Å²) in [6.45, 7) is 3.68. The van der Waals surface area contributed by atoms with Crippen LogP contribution in [0, 0.1) is 0 Å². The van der Waals surface area contributed by atoms with E-state index in [1.54, 1.807) is 0 Å². The zero-order chi connectivity index (χ0) is 20.5. The first-order valence-corrected chi connectivity index (χ1v) is 8.96. The number of carbonyl (C=O) groups is 3. The summed E-state index contributed by atoms with van der Waals surface area (Å²) in [6, 6.07) is 14.2. The molecule has 2 N–H and O–H groups in total. The standard InChI is InChI=1S/C21H24N2O5/c1-4-23(13-15-8-6-5-7-9-15)14-19(24)22-18-12-16(20(25)27-2)10-11-17(18)21(26)28-3/h5-12H,4,13-14H2,1-3H3,(H,22,24)/p+1. The maximum Gasteiger partial charge on any atom is 0.339 e. The molecule has 0 aromatic heterocycles. The van der Waals surface area contributed by atoms with E-state index in [1.165, 1.54) is 32.4 Å². The van der Waals surface area contributed by atoms with Gasteiger partial charge >= 0.3 is 11.9 Å². The van der Waals surface area contributed by atoms with E-state index in [4.69, 9.17) is 9.47 Å². The Labute approximate surface area is 164 Å². The number of methoxy groups -OCH3 is 2. The van der Waals surface area contributed by atoms with E-state index in [-0.39, 0.29) is 29.3 Å². The van der Waals surface area contributed by atoms with Gasteiger partial charge in [0.15, 0.2) is 6.54 Å². The first-order chi connectivity index (χ1) is 13.5. The van der Waals surface area contributed by atoms with Gasteiger partial charge in [-0.2, -0.15) is 0 Å². The topological polar surface area (TPSA) is 86.1 Å². The SMILES string of the molecule is CC[NH+](CC(=O)Nc1cc(C(=O)OC)ccc1C(=O)OC)Cc1ccccc1. The third-order valence-electron chi connectivity index (χ3n) is 4.33. The van der Waals surface area contributed by atoms with Gasteiger partial charge in [0.25, 0.3) is 5.91 Å². The maximum atomic E-state index is 12.6. The molecule has 7 nitrogen and oxygen atoms in total. The molecule has 7 heteroatoms. The van der Waals surface area contributed by atoms with Crippen molar-refractivity contribution in [3.8, 4) is 0 Å². The van der Waals surface area contributed by atoms with E-state index in [9.17, 15) is 14.4 Å². The molecule has 0 aliphatic carbocycles. The summed E-state index contributed by atoms with van der Waals surface area (Å²) in [5, 5.41) is 2.73. The van der Waals surface area contributed by atoms with Crippen LogP contribution < -0.4 is 10.2 Å². The number of hydrogen-bond donors (Lipinski definition) is 2. The quantitative estimate of drug-likeness (QED) is 0.669. The first kappa shape index (κ1) is 21.1. The van der Waals surface area contributed by atoms with Gasteiger partial charge in [0.1, 0.15) is 6.54 Å². The molecule has 0 radical (unpaired) electrons. The number of ether oxygens (including phenoxy) is 2. The second kappa shape index (κ2) is 10.2. The van der Waals surface area contributed by atoms with Gasteiger partial charge in [-0.1, -0.05) is 30.3 Å². The zero-order valence-corrected chi connectivity index (χ0v) is 16.3. The Kier molecular flexibility index (Phi) is 7.71. The normalized spacial score (nSPS) is 11.4. The number of amides is 1. The van der Waals surface area contributed by atoms with Crippen LogP contribution in [0.1, 0.15) is 33.2 Å². The predicted octanol–water partition coefficient (Wildman–Crippen LogP) is 1.30. The Morgan fingerprint density at radius 1 is 0.964 bits per heavy atom. The molecule has 0 bridgehead atoms. The number of esters is 2. The van der Waals surface area contributed by atoms with Crippen molar-refractivity contribution in [2.24, 2.45) is 0 Å². The number of nitrogens with one attached hydrogen (secondary N) is 2. The molecule has 0 spiro atoms. The Morgan fingerprint density at radius 2 is 1.64 bits per heavy atom. The fourth-order valence-electron chi connectivity index (χ4n) is 2.80. The Balaban J connectivity index is 2.16. The van der Waals surface area contributed by atoms with Crippen molar-refractivity contribution in [1.29, 1.82) is 0 Å². The summed E-state index contributed by atoms with van der Waals surface area (Å²) in [4.78, 5) is 37.4. The highest BCUT2D eigenvalue weighted by molar-refractivity contribution is 6.03. The highest BCUT2D eigenvalue weighted by atomic mass is 16.5. The van der Waals surface area contributed by atoms with Gasteiger partial charge in [0.2, 0.25) is 0 Å². The summed E-state index contributed by atoms with van der Waals surface area (Å²) >= 11 is 0. The van der Waals surface area contributed by atoms with E-state index in [1.807, 2.05) is 37.3 Å². The van der Waals surface area contributed by atoms with Crippen molar-refractivity contribution in [2.75, 3.05) is 32.6 Å². The average Bonchev–Trinajstić information content (AvgIpc) is 2.72. The maximum absolute atomic E-state index is 12.6. The number of benzene rings is 2. The second-order valence-corrected chi connectivity index (χ2v) is 6.23. The van der Waals surface area contributed by atoms with E-state index in [0.717, 1.165) is 17.0 Å². The van der Waals surface area contributed by atoms with Gasteiger partial charge in [-0.25, -0.2) is 9.59 Å². The van der Waals surface area contributed by atoms with Crippen LogP contribution in [0.25, 0.3) is 0 Å². The molecule has 2 aromatic carbocycles. The molecule has 0 saturated carbocycles. The molecular weight excluding hydrogens is 360 g/mol. The van der Waals surface area contributed by atoms with Crippen molar-refractivity contribution in [3.63, 3.8) is 0 Å². The van der Waals surface area contributed by atoms with Crippen LogP contribution >= 0.6 is 0 Å². The lowest BCUT2D eigenvalue weighted by atomic mass is 10.1. The molecule has 0 aliphatic heterocycles. The molecule has 1 amide bonds. The van der Waals surface area contributed by atoms with Crippen LogP contribution in [0.5, 0.6) is 0 Å². The molecular formula is C21H25N2O5+. The predicted molar refractivity (Wildman–Crippen MR) is 104 cm³/mol. The van der Waals surface area contributed by atoms with Crippen LogP contribution in [-0.2, 0) is 20.8 Å². The van der Waals surface area contributed by atoms with Gasteiger partial charge in [-0.15, -0.1) is 0 Å². The molecule has 0 fully saturated rings. The van der Waals surface area contributed by atoms with Crippen molar-refractivity contribution >= 4 is 23.5 Å². The van der Waals surface area contributed by atoms with E-state index >= 15 is 0 Å². The minimum atomic E-state index is -0.601. The lowest BCUT2D eigenvalue weighted by Gasteiger charge is -2.18. The zero-order valence-electron chi connectivity index (χ0n) is 16.3. The van der Waals surface area contributed by atoms with Gasteiger partial charge < -0.3 is 19.7 Å². The smallest absolute Gasteiger partial charge is 0.339 e. The summed E-state index contributed by atoms with van der Waals surface area (Å²) in [5.41, 5.74) is 1.75. The third kappa shape index (κ3) is 5.65. The van der Waals surface area contributed by atoms with Crippen molar-refractivity contribution in [1.82, 2.24) is 0 Å². The van der Waals surface area contributed by atoms with Crippen LogP contribution in [0.2, 0.25) is 0 Å². The summed E-state index contributed by atoms with van der Waals surface area (Å²) in [7, 11) is 2.52. The van der Waals surface area contributed by atoms with Crippen molar-refractivity contribution in [3.05, 3.63) is 65.2 Å². The molecule has 0 saturated heterocycles. The van der Waals surface area contributed by atoms with Crippen LogP contribution in [0.3, 0.4) is 0 Å². The number of carbonyl (C=O) groups excluding carboxylic acids is 3. The highest BCUT2D eigenvalue weighted by Crippen LogP contribution is 2.19. The number of quaternary nitrogens is 1. The van der Waals surface area contributed by atoms with Gasteiger partial charge in [-0.05, 0) is 25.1 Å². The molecule has 0 aliphatic rings. The Morgan fingerprint density at radius 3 is 2.25 bits per heavy atom. The Bertz CT molecular complexity index is 836. The first-order valence-electron chi connectivity index (χ1n) is 8.96. The lowest BCUT2D eigenvalue weighted by molar-refractivity contribution is -0.903. The van der Waals surface area contributed by atoms with Crippen molar-refractivity contribution in [2.45, 2.75) is 13.5 Å². The molecule has 1 unspecified atom stereocenters. The summed E-state index contributed by atoms with van der Waals surface area (Å²) in [5.74, 6) is -1.42. The summed E-state index contributed by atoms with van der Waals surface area (Å²) < 4.78 is 9.45. The number of likely N-dealkylation sites (N-methyl/N-ethyl adjacent to an activating group) is 1. The highest BCUT2D eigenvalue weighted by Gasteiger charge is 2.19. The van der Waals surface area contributed by atoms with E-state index < -0.39 is 11.9 Å². The van der Waals surface area contributed by atoms with Crippen LogP contribution in [0.15, 0.2) is 48.5 Å².